The SMILES string of the molecule is C[SiH](C)Oc1c(B(O)O)ccc2cc(C(C)(C)C)ccc12. The second kappa shape index (κ2) is 5.83. The Balaban J connectivity index is 2.66. The Morgan fingerprint density at radius 3 is 2.24 bits per heavy atom. The van der Waals surface area contributed by atoms with E-state index in [4.69, 9.17) is 4.43 Å². The highest BCUT2D eigenvalue weighted by atomic mass is 28.3. The molecule has 0 bridgehead atoms. The average molecular weight is 302 g/mol. The lowest BCUT2D eigenvalue weighted by atomic mass is 9.78. The highest BCUT2D eigenvalue weighted by Crippen LogP contribution is 2.30. The van der Waals surface area contributed by atoms with Gasteiger partial charge in [0.05, 0.1) is 0 Å². The first-order valence-electron chi connectivity index (χ1n) is 7.30. The topological polar surface area (TPSA) is 49.7 Å². The molecular formula is C16H23BO3Si. The molecule has 2 N–H and O–H groups in total. The summed E-state index contributed by atoms with van der Waals surface area (Å²) in [5.41, 5.74) is 1.77. The molecule has 0 spiro atoms. The molecule has 2 aromatic carbocycles. The Morgan fingerprint density at radius 1 is 1.05 bits per heavy atom. The standard InChI is InChI=1S/C16H23BO3Si/c1-16(2,3)12-7-8-13-11(10-12)6-9-14(17(18)19)15(13)20-21(4)5/h6-10,18-19,21H,1-5H3. The van der Waals surface area contributed by atoms with Crippen LogP contribution in [-0.2, 0) is 5.41 Å². The minimum atomic E-state index is -1.51. The van der Waals surface area contributed by atoms with Gasteiger partial charge in [-0.2, -0.15) is 0 Å². The summed E-state index contributed by atoms with van der Waals surface area (Å²) in [6, 6.07) is 9.93. The Hall–Kier alpha value is -1.30. The fourth-order valence-corrected chi connectivity index (χ4v) is 3.09. The van der Waals surface area contributed by atoms with Gasteiger partial charge in [0.2, 0.25) is 9.04 Å². The first kappa shape index (κ1) is 16.1. The van der Waals surface area contributed by atoms with Crippen molar-refractivity contribution in [3.63, 3.8) is 0 Å². The van der Waals surface area contributed by atoms with Crippen molar-refractivity contribution < 1.29 is 14.5 Å². The zero-order valence-corrected chi connectivity index (χ0v) is 14.5. The van der Waals surface area contributed by atoms with Gasteiger partial charge in [0, 0.05) is 10.8 Å². The van der Waals surface area contributed by atoms with Crippen LogP contribution in [0.25, 0.3) is 10.8 Å². The Labute approximate surface area is 128 Å². The zero-order valence-electron chi connectivity index (χ0n) is 13.3. The molecule has 0 atom stereocenters. The van der Waals surface area contributed by atoms with Gasteiger partial charge < -0.3 is 14.5 Å². The molecule has 0 aliphatic heterocycles. The Morgan fingerprint density at radius 2 is 1.71 bits per heavy atom. The van der Waals surface area contributed by atoms with Crippen molar-refractivity contribution in [1.29, 1.82) is 0 Å². The lowest BCUT2D eigenvalue weighted by Crippen LogP contribution is -2.33. The predicted molar refractivity (Wildman–Crippen MR) is 92.0 cm³/mol. The van der Waals surface area contributed by atoms with E-state index < -0.39 is 16.2 Å². The van der Waals surface area contributed by atoms with E-state index in [9.17, 15) is 10.0 Å². The van der Waals surface area contributed by atoms with E-state index in [1.165, 1.54) is 5.56 Å². The number of hydrogen-bond acceptors (Lipinski definition) is 3. The van der Waals surface area contributed by atoms with Crippen LogP contribution in [0.3, 0.4) is 0 Å². The quantitative estimate of drug-likeness (QED) is 0.855. The maximum absolute atomic E-state index is 9.55. The summed E-state index contributed by atoms with van der Waals surface area (Å²) in [4.78, 5) is 0. The van der Waals surface area contributed by atoms with Crippen molar-refractivity contribution in [2.24, 2.45) is 0 Å². The van der Waals surface area contributed by atoms with Crippen LogP contribution in [0.4, 0.5) is 0 Å². The molecule has 0 saturated carbocycles. The van der Waals surface area contributed by atoms with Gasteiger partial charge in [0.1, 0.15) is 5.75 Å². The summed E-state index contributed by atoms with van der Waals surface area (Å²) in [7, 11) is -2.86. The van der Waals surface area contributed by atoms with Gasteiger partial charge in [-0.3, -0.25) is 0 Å². The molecule has 0 unspecified atom stereocenters. The molecule has 5 heteroatoms. The highest BCUT2D eigenvalue weighted by molar-refractivity contribution is 6.61. The molecule has 2 aromatic rings. The fourth-order valence-electron chi connectivity index (χ4n) is 2.36. The smallest absolute Gasteiger partial charge is 0.492 e. The summed E-state index contributed by atoms with van der Waals surface area (Å²) in [5, 5.41) is 21.1. The van der Waals surface area contributed by atoms with Crippen LogP contribution in [0.15, 0.2) is 30.3 Å². The van der Waals surface area contributed by atoms with Crippen molar-refractivity contribution in [2.45, 2.75) is 39.3 Å². The van der Waals surface area contributed by atoms with Gasteiger partial charge >= 0.3 is 7.12 Å². The van der Waals surface area contributed by atoms with Gasteiger partial charge in [-0.1, -0.05) is 51.1 Å². The first-order valence-corrected chi connectivity index (χ1v) is 10.1. The van der Waals surface area contributed by atoms with E-state index in [1.807, 2.05) is 12.1 Å². The molecule has 0 fully saturated rings. The van der Waals surface area contributed by atoms with Crippen molar-refractivity contribution >= 4 is 32.4 Å². The van der Waals surface area contributed by atoms with Crippen molar-refractivity contribution in [3.8, 4) is 5.75 Å². The molecule has 112 valence electrons. The Bertz CT molecular complexity index is 648. The van der Waals surface area contributed by atoms with Crippen LogP contribution in [0.2, 0.25) is 13.1 Å². The number of fused-ring (bicyclic) bond motifs is 1. The van der Waals surface area contributed by atoms with E-state index in [-0.39, 0.29) is 5.41 Å². The summed E-state index contributed by atoms with van der Waals surface area (Å²) in [6.07, 6.45) is 0. The molecule has 0 aliphatic rings. The monoisotopic (exact) mass is 302 g/mol. The van der Waals surface area contributed by atoms with Gasteiger partial charge in [0.15, 0.2) is 0 Å². The van der Waals surface area contributed by atoms with Crippen LogP contribution in [0.5, 0.6) is 5.75 Å². The molecule has 0 heterocycles. The number of rotatable bonds is 3. The molecule has 0 saturated heterocycles. The van der Waals surface area contributed by atoms with Crippen LogP contribution in [-0.4, -0.2) is 26.2 Å². The van der Waals surface area contributed by atoms with Crippen molar-refractivity contribution in [3.05, 3.63) is 35.9 Å². The van der Waals surface area contributed by atoms with E-state index >= 15 is 0 Å². The third-order valence-electron chi connectivity index (χ3n) is 3.50. The summed E-state index contributed by atoms with van der Waals surface area (Å²) in [6.45, 7) is 10.7. The Kier molecular flexibility index (Phi) is 4.46. The average Bonchev–Trinajstić information content (AvgIpc) is 2.36. The van der Waals surface area contributed by atoms with Gasteiger partial charge in [0.25, 0.3) is 0 Å². The maximum atomic E-state index is 9.55. The molecule has 21 heavy (non-hydrogen) atoms. The highest BCUT2D eigenvalue weighted by Gasteiger charge is 2.21. The number of hydrogen-bond donors (Lipinski definition) is 2. The van der Waals surface area contributed by atoms with Crippen molar-refractivity contribution in [2.75, 3.05) is 0 Å². The largest absolute Gasteiger partial charge is 0.547 e. The fraction of sp³-hybridized carbons (Fsp3) is 0.375. The molecule has 0 aliphatic carbocycles. The minimum Gasteiger partial charge on any atom is -0.547 e. The molecule has 2 rings (SSSR count). The second-order valence-corrected chi connectivity index (χ2v) is 9.04. The van der Waals surface area contributed by atoms with Crippen LogP contribution >= 0.6 is 0 Å². The molecule has 0 aromatic heterocycles. The third kappa shape index (κ3) is 3.48. The van der Waals surface area contributed by atoms with Gasteiger partial charge in [-0.25, -0.2) is 0 Å². The number of benzene rings is 2. The summed E-state index contributed by atoms with van der Waals surface area (Å²) in [5.74, 6) is 0.615. The van der Waals surface area contributed by atoms with E-state index in [2.05, 4.69) is 46.0 Å². The van der Waals surface area contributed by atoms with E-state index in [0.29, 0.717) is 11.2 Å². The lowest BCUT2D eigenvalue weighted by Gasteiger charge is -2.21. The normalized spacial score (nSPS) is 12.0. The second-order valence-electron chi connectivity index (χ2n) is 6.71. The van der Waals surface area contributed by atoms with Crippen LogP contribution in [0.1, 0.15) is 26.3 Å². The van der Waals surface area contributed by atoms with E-state index in [1.54, 1.807) is 6.07 Å². The minimum absolute atomic E-state index is 0.0805. The molecule has 0 amide bonds. The molecule has 0 radical (unpaired) electrons. The summed E-state index contributed by atoms with van der Waals surface area (Å²) >= 11 is 0. The van der Waals surface area contributed by atoms with Crippen molar-refractivity contribution in [1.82, 2.24) is 0 Å². The van der Waals surface area contributed by atoms with Gasteiger partial charge in [-0.15, -0.1) is 0 Å². The van der Waals surface area contributed by atoms with Crippen LogP contribution in [0, 0.1) is 0 Å². The molecular weight excluding hydrogens is 279 g/mol. The van der Waals surface area contributed by atoms with Crippen LogP contribution < -0.4 is 9.89 Å². The van der Waals surface area contributed by atoms with Gasteiger partial charge in [-0.05, 0) is 29.5 Å². The maximum Gasteiger partial charge on any atom is 0.492 e. The lowest BCUT2D eigenvalue weighted by molar-refractivity contribution is 0.424. The van der Waals surface area contributed by atoms with E-state index in [0.717, 1.165) is 10.8 Å². The zero-order chi connectivity index (χ0) is 15.8. The summed E-state index contributed by atoms with van der Waals surface area (Å²) < 4.78 is 5.96. The third-order valence-corrected chi connectivity index (χ3v) is 4.21. The first-order chi connectivity index (χ1) is 9.70. The molecule has 3 nitrogen and oxygen atoms in total. The predicted octanol–water partition coefficient (Wildman–Crippen LogP) is 2.18.